The molecule has 0 saturated carbocycles. The van der Waals surface area contributed by atoms with E-state index in [9.17, 15) is 5.11 Å². The first-order valence-electron chi connectivity index (χ1n) is 7.68. The third-order valence-electron chi connectivity index (χ3n) is 3.92. The van der Waals surface area contributed by atoms with E-state index in [4.69, 9.17) is 27.9 Å². The van der Waals surface area contributed by atoms with Gasteiger partial charge in [-0.05, 0) is 26.0 Å². The van der Waals surface area contributed by atoms with Crippen LogP contribution in [-0.4, -0.2) is 66.4 Å². The molecule has 2 rings (SSSR count). The Labute approximate surface area is 142 Å². The van der Waals surface area contributed by atoms with Crippen LogP contribution in [0.25, 0.3) is 0 Å². The van der Waals surface area contributed by atoms with Gasteiger partial charge in [0, 0.05) is 38.8 Å². The summed E-state index contributed by atoms with van der Waals surface area (Å²) < 4.78 is 5.74. The molecule has 0 spiro atoms. The second-order valence-corrected chi connectivity index (χ2v) is 6.71. The lowest BCUT2D eigenvalue weighted by molar-refractivity contribution is 0.0405. The first kappa shape index (κ1) is 17.8. The van der Waals surface area contributed by atoms with Gasteiger partial charge in [-0.2, -0.15) is 0 Å². The maximum atomic E-state index is 9.51. The molecule has 1 fully saturated rings. The number of benzene rings is 1. The molecule has 0 unspecified atom stereocenters. The van der Waals surface area contributed by atoms with Crippen LogP contribution in [0.3, 0.4) is 0 Å². The van der Waals surface area contributed by atoms with Gasteiger partial charge in [-0.25, -0.2) is 0 Å². The summed E-state index contributed by atoms with van der Waals surface area (Å²) in [5.41, 5.74) is 0. The molecule has 0 radical (unpaired) electrons. The van der Waals surface area contributed by atoms with Gasteiger partial charge in [-0.3, -0.25) is 9.80 Å². The van der Waals surface area contributed by atoms with Crippen molar-refractivity contribution in [3.05, 3.63) is 28.2 Å². The molecule has 1 aliphatic heterocycles. The fraction of sp³-hybridized carbons (Fsp3) is 0.625. The summed E-state index contributed by atoms with van der Waals surface area (Å²) in [5, 5.41) is 10.6. The van der Waals surface area contributed by atoms with E-state index in [1.807, 2.05) is 6.92 Å². The summed E-state index contributed by atoms with van der Waals surface area (Å²) in [5.74, 6) is 0.562. The zero-order chi connectivity index (χ0) is 16.1. The fourth-order valence-electron chi connectivity index (χ4n) is 2.78. The second kappa shape index (κ2) is 8.37. The Morgan fingerprint density at radius 1 is 1.32 bits per heavy atom. The zero-order valence-corrected chi connectivity index (χ0v) is 14.6. The molecule has 4 nitrogen and oxygen atoms in total. The standard InChI is InChI=1S/C16H24Cl2N2O2/c1-12-10-19(6-7-20(12)11-13(2)21)8-9-22-16-14(17)4-3-5-15(16)18/h3-5,12-13,21H,6-11H2,1-2H3/t12-,13+/m0/s1. The minimum atomic E-state index is -0.278. The van der Waals surface area contributed by atoms with Crippen LogP contribution in [0.15, 0.2) is 18.2 Å². The normalized spacial score (nSPS) is 21.8. The van der Waals surface area contributed by atoms with Gasteiger partial charge in [0.2, 0.25) is 0 Å². The fourth-order valence-corrected chi connectivity index (χ4v) is 3.29. The van der Waals surface area contributed by atoms with Gasteiger partial charge in [-0.1, -0.05) is 29.3 Å². The monoisotopic (exact) mass is 346 g/mol. The molecule has 0 aliphatic carbocycles. The van der Waals surface area contributed by atoms with Gasteiger partial charge < -0.3 is 9.84 Å². The molecule has 6 heteroatoms. The van der Waals surface area contributed by atoms with Gasteiger partial charge in [0.15, 0.2) is 5.75 Å². The Bertz CT molecular complexity index is 465. The van der Waals surface area contributed by atoms with Crippen LogP contribution in [0.1, 0.15) is 13.8 Å². The maximum absolute atomic E-state index is 9.51. The summed E-state index contributed by atoms with van der Waals surface area (Å²) in [6.45, 7) is 9.10. The first-order valence-corrected chi connectivity index (χ1v) is 8.44. The number of hydrogen-bond acceptors (Lipinski definition) is 4. The predicted octanol–water partition coefficient (Wildman–Crippen LogP) is 2.76. The molecule has 0 bridgehead atoms. The Kier molecular flexibility index (Phi) is 6.78. The van der Waals surface area contributed by atoms with Crippen LogP contribution in [-0.2, 0) is 0 Å². The van der Waals surface area contributed by atoms with E-state index >= 15 is 0 Å². The van der Waals surface area contributed by atoms with E-state index < -0.39 is 0 Å². The first-order chi connectivity index (χ1) is 10.5. The topological polar surface area (TPSA) is 35.9 Å². The lowest BCUT2D eigenvalue weighted by Gasteiger charge is -2.40. The number of aliphatic hydroxyl groups is 1. The number of aliphatic hydroxyl groups excluding tert-OH is 1. The number of nitrogens with zero attached hydrogens (tertiary/aromatic N) is 2. The maximum Gasteiger partial charge on any atom is 0.156 e. The van der Waals surface area contributed by atoms with Crippen LogP contribution in [0.5, 0.6) is 5.75 Å². The van der Waals surface area contributed by atoms with Crippen molar-refractivity contribution in [2.75, 3.05) is 39.3 Å². The van der Waals surface area contributed by atoms with E-state index in [-0.39, 0.29) is 6.10 Å². The van der Waals surface area contributed by atoms with Gasteiger partial charge in [0.05, 0.1) is 16.1 Å². The highest BCUT2D eigenvalue weighted by Gasteiger charge is 2.24. The van der Waals surface area contributed by atoms with Crippen molar-refractivity contribution in [1.29, 1.82) is 0 Å². The average molecular weight is 347 g/mol. The molecule has 0 aromatic heterocycles. The van der Waals surface area contributed by atoms with E-state index in [1.54, 1.807) is 18.2 Å². The van der Waals surface area contributed by atoms with Crippen molar-refractivity contribution >= 4 is 23.2 Å². The minimum Gasteiger partial charge on any atom is -0.489 e. The molecule has 1 heterocycles. The molecular formula is C16H24Cl2N2O2. The van der Waals surface area contributed by atoms with Crippen molar-refractivity contribution in [3.8, 4) is 5.75 Å². The molecule has 1 saturated heterocycles. The van der Waals surface area contributed by atoms with Crippen molar-refractivity contribution in [3.63, 3.8) is 0 Å². The van der Waals surface area contributed by atoms with Gasteiger partial charge in [-0.15, -0.1) is 0 Å². The van der Waals surface area contributed by atoms with Crippen LogP contribution >= 0.6 is 23.2 Å². The summed E-state index contributed by atoms with van der Waals surface area (Å²) in [6, 6.07) is 5.80. The molecule has 1 aliphatic rings. The average Bonchev–Trinajstić information content (AvgIpc) is 2.44. The highest BCUT2D eigenvalue weighted by molar-refractivity contribution is 6.37. The number of ether oxygens (including phenoxy) is 1. The van der Waals surface area contributed by atoms with E-state index in [1.165, 1.54) is 0 Å². The van der Waals surface area contributed by atoms with Crippen LogP contribution in [0.2, 0.25) is 10.0 Å². The third-order valence-corrected chi connectivity index (χ3v) is 4.52. The summed E-state index contributed by atoms with van der Waals surface area (Å²) in [6.07, 6.45) is -0.278. The molecule has 1 N–H and O–H groups in total. The van der Waals surface area contributed by atoms with Gasteiger partial charge in [0.25, 0.3) is 0 Å². The van der Waals surface area contributed by atoms with Crippen molar-refractivity contribution in [1.82, 2.24) is 9.80 Å². The quantitative estimate of drug-likeness (QED) is 0.859. The molecular weight excluding hydrogens is 323 g/mol. The lowest BCUT2D eigenvalue weighted by atomic mass is 10.1. The van der Waals surface area contributed by atoms with Crippen molar-refractivity contribution in [2.24, 2.45) is 0 Å². The molecule has 0 amide bonds. The predicted molar refractivity (Wildman–Crippen MR) is 91.1 cm³/mol. The molecule has 22 heavy (non-hydrogen) atoms. The molecule has 124 valence electrons. The highest BCUT2D eigenvalue weighted by atomic mass is 35.5. The Balaban J connectivity index is 1.77. The Hall–Kier alpha value is -0.520. The number of rotatable bonds is 6. The number of β-amino-alcohol motifs (C(OH)–C–C–N with tert-alkyl or cyclic N) is 1. The van der Waals surface area contributed by atoms with E-state index in [0.29, 0.717) is 28.4 Å². The van der Waals surface area contributed by atoms with Crippen molar-refractivity contribution in [2.45, 2.75) is 26.0 Å². The summed E-state index contributed by atoms with van der Waals surface area (Å²) >= 11 is 12.2. The number of para-hydroxylation sites is 1. The van der Waals surface area contributed by atoms with Crippen LogP contribution < -0.4 is 4.74 Å². The highest BCUT2D eigenvalue weighted by Crippen LogP contribution is 2.32. The largest absolute Gasteiger partial charge is 0.489 e. The smallest absolute Gasteiger partial charge is 0.156 e. The zero-order valence-electron chi connectivity index (χ0n) is 13.1. The lowest BCUT2D eigenvalue weighted by Crippen LogP contribution is -2.54. The SMILES string of the molecule is C[C@@H](O)CN1CCN(CCOc2c(Cl)cccc2Cl)C[C@@H]1C. The summed E-state index contributed by atoms with van der Waals surface area (Å²) in [4.78, 5) is 4.70. The third kappa shape index (κ3) is 5.00. The molecule has 2 atom stereocenters. The number of halogens is 2. The van der Waals surface area contributed by atoms with Crippen LogP contribution in [0.4, 0.5) is 0 Å². The summed E-state index contributed by atoms with van der Waals surface area (Å²) in [7, 11) is 0. The minimum absolute atomic E-state index is 0.278. The van der Waals surface area contributed by atoms with E-state index in [0.717, 1.165) is 32.7 Å². The molecule has 1 aromatic carbocycles. The van der Waals surface area contributed by atoms with Gasteiger partial charge in [0.1, 0.15) is 6.61 Å². The Morgan fingerprint density at radius 2 is 2.00 bits per heavy atom. The van der Waals surface area contributed by atoms with Crippen molar-refractivity contribution < 1.29 is 9.84 Å². The van der Waals surface area contributed by atoms with E-state index in [2.05, 4.69) is 16.7 Å². The molecule has 1 aromatic rings. The van der Waals surface area contributed by atoms with Crippen LogP contribution in [0, 0.1) is 0 Å². The second-order valence-electron chi connectivity index (χ2n) is 5.89. The number of piperazine rings is 1. The number of hydrogen-bond donors (Lipinski definition) is 1. The van der Waals surface area contributed by atoms with Gasteiger partial charge >= 0.3 is 0 Å². The Morgan fingerprint density at radius 3 is 2.59 bits per heavy atom.